The van der Waals surface area contributed by atoms with Crippen LogP contribution >= 0.6 is 15.9 Å². The number of aryl methyl sites for hydroxylation is 1. The Bertz CT molecular complexity index is 1010. The van der Waals surface area contributed by atoms with Gasteiger partial charge in [0.05, 0.1) is 12.0 Å². The zero-order valence-corrected chi connectivity index (χ0v) is 22.5. The number of carbonyl (C=O) groups excluding carboxylic acids is 1. The summed E-state index contributed by atoms with van der Waals surface area (Å²) in [6.45, 7) is 9.51. The summed E-state index contributed by atoms with van der Waals surface area (Å²) in [6.07, 6.45) is 5.12. The third-order valence-electron chi connectivity index (χ3n) is 6.32. The van der Waals surface area contributed by atoms with Crippen LogP contribution in [0.3, 0.4) is 0 Å². The fraction of sp³-hybridized carbons (Fsp3) is 0.483. The lowest BCUT2D eigenvalue weighted by Crippen LogP contribution is -2.22. The smallest absolute Gasteiger partial charge is 0.311 e. The van der Waals surface area contributed by atoms with Crippen molar-refractivity contribution in [2.45, 2.75) is 66.4 Å². The number of ether oxygens (including phenoxy) is 2. The maximum absolute atomic E-state index is 12.2. The highest BCUT2D eigenvalue weighted by Crippen LogP contribution is 2.38. The molecule has 2 aromatic rings. The van der Waals surface area contributed by atoms with Crippen molar-refractivity contribution in [1.29, 1.82) is 0 Å². The lowest BCUT2D eigenvalue weighted by molar-refractivity contribution is -0.154. The number of hydrogen-bond acceptors (Lipinski definition) is 4. The number of halogens is 1. The highest BCUT2D eigenvalue weighted by atomic mass is 79.9. The fourth-order valence-corrected chi connectivity index (χ4v) is 4.87. The lowest BCUT2D eigenvalue weighted by atomic mass is 9.92. The van der Waals surface area contributed by atoms with Crippen LogP contribution in [0.25, 0.3) is 5.57 Å². The minimum Gasteiger partial charge on any atom is -0.493 e. The number of nitrogens with two attached hydrogens (primary N) is 1. The van der Waals surface area contributed by atoms with Gasteiger partial charge >= 0.3 is 5.97 Å². The highest BCUT2D eigenvalue weighted by Gasteiger charge is 2.23. The van der Waals surface area contributed by atoms with Gasteiger partial charge in [-0.1, -0.05) is 59.6 Å². The number of benzene rings is 2. The largest absolute Gasteiger partial charge is 0.493 e. The van der Waals surface area contributed by atoms with E-state index in [1.54, 1.807) is 0 Å². The van der Waals surface area contributed by atoms with Crippen LogP contribution in [0.15, 0.2) is 46.9 Å². The molecule has 1 aliphatic carbocycles. The molecule has 4 nitrogen and oxygen atoms in total. The van der Waals surface area contributed by atoms with Crippen LogP contribution in [0.4, 0.5) is 0 Å². The number of allylic oxidation sites excluding steroid dienone is 1. The molecule has 5 heteroatoms. The van der Waals surface area contributed by atoms with Crippen LogP contribution < -0.4 is 10.5 Å². The Kier molecular flexibility index (Phi) is 9.38. The van der Waals surface area contributed by atoms with Gasteiger partial charge in [0.15, 0.2) is 0 Å². The van der Waals surface area contributed by atoms with Crippen molar-refractivity contribution >= 4 is 27.5 Å². The first-order valence-corrected chi connectivity index (χ1v) is 13.1. The first-order valence-electron chi connectivity index (χ1n) is 12.3. The molecule has 0 bridgehead atoms. The van der Waals surface area contributed by atoms with Crippen molar-refractivity contribution in [3.05, 3.63) is 69.2 Å². The summed E-state index contributed by atoms with van der Waals surface area (Å²) in [6, 6.07) is 14.8. The van der Waals surface area contributed by atoms with Crippen LogP contribution in [-0.4, -0.2) is 19.1 Å². The second-order valence-electron chi connectivity index (χ2n) is 10.1. The average Bonchev–Trinajstić information content (AvgIpc) is 2.97. The molecule has 0 amide bonds. The molecular formula is C29H38BrNO3. The molecular weight excluding hydrogens is 490 g/mol. The van der Waals surface area contributed by atoms with Gasteiger partial charge in [-0.2, -0.15) is 0 Å². The van der Waals surface area contributed by atoms with Gasteiger partial charge < -0.3 is 15.2 Å². The standard InChI is InChI=1S/C29H38BrNO3/c1-5-20(15-16-31)18-33-24-12-10-22(11-13-24)27-25-14-9-21(19-34-28(32)29(2,3)4)17-23(25)7-6-8-26(27)30/h9-14,17,20H,5-8,15-16,18-19,31H2,1-4H3/t20-/m1/s1. The van der Waals surface area contributed by atoms with Gasteiger partial charge in [-0.05, 0) is 98.9 Å². The van der Waals surface area contributed by atoms with E-state index in [-0.39, 0.29) is 5.97 Å². The normalized spacial score (nSPS) is 14.9. The van der Waals surface area contributed by atoms with Crippen LogP contribution in [0.1, 0.15) is 75.6 Å². The van der Waals surface area contributed by atoms with Gasteiger partial charge in [0, 0.05) is 4.48 Å². The third-order valence-corrected chi connectivity index (χ3v) is 7.11. The van der Waals surface area contributed by atoms with Crippen LogP contribution in [0.5, 0.6) is 5.75 Å². The molecule has 0 saturated carbocycles. The molecule has 0 radical (unpaired) electrons. The fourth-order valence-electron chi connectivity index (χ4n) is 4.14. The summed E-state index contributed by atoms with van der Waals surface area (Å²) in [7, 11) is 0. The van der Waals surface area contributed by atoms with Crippen molar-refractivity contribution in [2.24, 2.45) is 17.1 Å². The summed E-state index contributed by atoms with van der Waals surface area (Å²) in [5, 5.41) is 0. The average molecular weight is 529 g/mol. The first kappa shape index (κ1) is 26.5. The third kappa shape index (κ3) is 6.96. The summed E-state index contributed by atoms with van der Waals surface area (Å²) in [4.78, 5) is 12.2. The molecule has 0 saturated heterocycles. The summed E-state index contributed by atoms with van der Waals surface area (Å²) >= 11 is 3.86. The summed E-state index contributed by atoms with van der Waals surface area (Å²) in [5.74, 6) is 1.20. The summed E-state index contributed by atoms with van der Waals surface area (Å²) in [5.41, 5.74) is 11.2. The molecule has 34 heavy (non-hydrogen) atoms. The van der Waals surface area contributed by atoms with Crippen molar-refractivity contribution in [2.75, 3.05) is 13.2 Å². The van der Waals surface area contributed by atoms with Crippen LogP contribution in [0, 0.1) is 11.3 Å². The number of rotatable bonds is 9. The molecule has 0 aliphatic heterocycles. The lowest BCUT2D eigenvalue weighted by Gasteiger charge is -2.18. The number of hydrogen-bond donors (Lipinski definition) is 1. The van der Waals surface area contributed by atoms with Crippen LogP contribution in [0.2, 0.25) is 0 Å². The van der Waals surface area contributed by atoms with E-state index in [9.17, 15) is 4.79 Å². The van der Waals surface area contributed by atoms with Crippen molar-refractivity contribution in [3.63, 3.8) is 0 Å². The van der Waals surface area contributed by atoms with Gasteiger partial charge in [0.1, 0.15) is 12.4 Å². The second kappa shape index (κ2) is 12.0. The van der Waals surface area contributed by atoms with Gasteiger partial charge in [0.25, 0.3) is 0 Å². The maximum atomic E-state index is 12.2. The second-order valence-corrected chi connectivity index (χ2v) is 11.1. The van der Waals surface area contributed by atoms with E-state index in [1.165, 1.54) is 26.7 Å². The monoisotopic (exact) mass is 527 g/mol. The molecule has 1 atom stereocenters. The molecule has 2 N–H and O–H groups in total. The minimum atomic E-state index is -0.496. The Morgan fingerprint density at radius 1 is 1.12 bits per heavy atom. The zero-order chi connectivity index (χ0) is 24.7. The van der Waals surface area contributed by atoms with Crippen molar-refractivity contribution < 1.29 is 14.3 Å². The molecule has 0 heterocycles. The SMILES string of the molecule is CC[C@H](CCN)COc1ccc(C2=C(Br)CCCc3cc(COC(=O)C(C)(C)C)ccc32)cc1. The Balaban J connectivity index is 1.78. The molecule has 3 rings (SSSR count). The van der Waals surface area contributed by atoms with Gasteiger partial charge in [-0.3, -0.25) is 4.79 Å². The van der Waals surface area contributed by atoms with E-state index in [4.69, 9.17) is 15.2 Å². The minimum absolute atomic E-state index is 0.179. The Morgan fingerprint density at radius 2 is 1.85 bits per heavy atom. The van der Waals surface area contributed by atoms with Gasteiger partial charge in [-0.15, -0.1) is 0 Å². The molecule has 1 aliphatic rings. The zero-order valence-electron chi connectivity index (χ0n) is 21.0. The van der Waals surface area contributed by atoms with E-state index in [0.717, 1.165) is 43.4 Å². The van der Waals surface area contributed by atoms with E-state index < -0.39 is 5.41 Å². The van der Waals surface area contributed by atoms with Gasteiger partial charge in [-0.25, -0.2) is 0 Å². The Morgan fingerprint density at radius 3 is 2.50 bits per heavy atom. The van der Waals surface area contributed by atoms with E-state index >= 15 is 0 Å². The molecule has 2 aromatic carbocycles. The quantitative estimate of drug-likeness (QED) is 0.356. The Labute approximate surface area is 213 Å². The van der Waals surface area contributed by atoms with Crippen molar-refractivity contribution in [3.8, 4) is 5.75 Å². The topological polar surface area (TPSA) is 61.6 Å². The van der Waals surface area contributed by atoms with Crippen LogP contribution in [-0.2, 0) is 22.6 Å². The van der Waals surface area contributed by atoms with E-state index in [0.29, 0.717) is 25.7 Å². The number of carbonyl (C=O) groups is 1. The van der Waals surface area contributed by atoms with E-state index in [2.05, 4.69) is 65.3 Å². The first-order chi connectivity index (χ1) is 16.2. The molecule has 0 spiro atoms. The predicted octanol–water partition coefficient (Wildman–Crippen LogP) is 7.02. The van der Waals surface area contributed by atoms with Crippen molar-refractivity contribution in [1.82, 2.24) is 0 Å². The Hall–Kier alpha value is -2.11. The molecule has 0 unspecified atom stereocenters. The molecule has 0 aromatic heterocycles. The molecule has 184 valence electrons. The number of esters is 1. The summed E-state index contributed by atoms with van der Waals surface area (Å²) < 4.78 is 12.8. The number of fused-ring (bicyclic) bond motifs is 1. The predicted molar refractivity (Wildman–Crippen MR) is 143 cm³/mol. The van der Waals surface area contributed by atoms with Gasteiger partial charge in [0.2, 0.25) is 0 Å². The highest BCUT2D eigenvalue weighted by molar-refractivity contribution is 9.11. The molecule has 0 fully saturated rings. The maximum Gasteiger partial charge on any atom is 0.311 e. The van der Waals surface area contributed by atoms with E-state index in [1.807, 2.05) is 20.8 Å².